The van der Waals surface area contributed by atoms with E-state index in [0.717, 1.165) is 11.1 Å². The number of nitrogens with one attached hydrogen (secondary N) is 1. The average molecular weight is 374 g/mol. The maximum absolute atomic E-state index is 11.7. The summed E-state index contributed by atoms with van der Waals surface area (Å²) in [6.45, 7) is 2.18. The van der Waals surface area contributed by atoms with Gasteiger partial charge < -0.3 is 20.9 Å². The maximum Gasteiger partial charge on any atom is 0.407 e. The highest BCUT2D eigenvalue weighted by Crippen LogP contribution is 2.15. The van der Waals surface area contributed by atoms with Crippen LogP contribution in [0.1, 0.15) is 30.7 Å². The zero-order valence-electron chi connectivity index (χ0n) is 15.0. The summed E-state index contributed by atoms with van der Waals surface area (Å²) >= 11 is 0. The first-order valence-electron chi connectivity index (χ1n) is 8.48. The van der Waals surface area contributed by atoms with Gasteiger partial charge in [0.1, 0.15) is 12.6 Å². The summed E-state index contributed by atoms with van der Waals surface area (Å²) < 4.78 is 5.16. The van der Waals surface area contributed by atoms with Gasteiger partial charge in [0, 0.05) is 12.1 Å². The summed E-state index contributed by atoms with van der Waals surface area (Å²) in [4.78, 5) is 22.3. The number of aromatic nitrogens is 4. The summed E-state index contributed by atoms with van der Waals surface area (Å²) in [5, 5.41) is 27.0. The fourth-order valence-electron chi connectivity index (χ4n) is 2.20. The van der Waals surface area contributed by atoms with Crippen molar-refractivity contribution < 1.29 is 19.4 Å². The van der Waals surface area contributed by atoms with E-state index in [4.69, 9.17) is 15.6 Å². The summed E-state index contributed by atoms with van der Waals surface area (Å²) in [6, 6.07) is 6.38. The van der Waals surface area contributed by atoms with E-state index in [1.165, 1.54) is 0 Å². The van der Waals surface area contributed by atoms with Gasteiger partial charge in [0.25, 0.3) is 0 Å². The van der Waals surface area contributed by atoms with Crippen LogP contribution in [0.25, 0.3) is 11.4 Å². The number of hydrogen-bond donors (Lipinski definition) is 3. The molecule has 0 saturated heterocycles. The number of nitrogens with zero attached hydrogens (tertiary/aromatic N) is 4. The molecule has 0 aliphatic rings. The fraction of sp³-hybridized carbons (Fsp3) is 0.412. The van der Waals surface area contributed by atoms with E-state index < -0.39 is 18.1 Å². The van der Waals surface area contributed by atoms with E-state index >= 15 is 0 Å². The van der Waals surface area contributed by atoms with Crippen molar-refractivity contribution >= 4 is 12.1 Å². The van der Waals surface area contributed by atoms with Gasteiger partial charge in [0.05, 0.1) is 0 Å². The molecule has 1 atom stereocenters. The minimum Gasteiger partial charge on any atom is -0.480 e. The molecular weight excluding hydrogens is 352 g/mol. The molecule has 144 valence electrons. The Kier molecular flexibility index (Phi) is 7.56. The van der Waals surface area contributed by atoms with Crippen LogP contribution in [0.2, 0.25) is 0 Å². The lowest BCUT2D eigenvalue weighted by atomic mass is 10.1. The summed E-state index contributed by atoms with van der Waals surface area (Å²) in [6.07, 6.45) is 1.05. The topological polar surface area (TPSA) is 153 Å². The molecule has 0 spiro atoms. The molecule has 0 aliphatic carbocycles. The van der Waals surface area contributed by atoms with Crippen molar-refractivity contribution in [3.8, 4) is 11.4 Å². The van der Waals surface area contributed by atoms with E-state index in [1.54, 1.807) is 19.1 Å². The third-order valence-electron chi connectivity index (χ3n) is 3.66. The normalized spacial score (nSPS) is 11.6. The Labute approximate surface area is 156 Å². The van der Waals surface area contributed by atoms with Gasteiger partial charge in [-0.05, 0) is 37.8 Å². The monoisotopic (exact) mass is 374 g/mol. The van der Waals surface area contributed by atoms with Gasteiger partial charge in [-0.1, -0.05) is 18.2 Å². The molecule has 4 N–H and O–H groups in total. The van der Waals surface area contributed by atoms with Gasteiger partial charge in [-0.3, -0.25) is 4.79 Å². The molecule has 0 aliphatic heterocycles. The van der Waals surface area contributed by atoms with Crippen molar-refractivity contribution in [2.75, 3.05) is 6.54 Å². The molecule has 10 heteroatoms. The van der Waals surface area contributed by atoms with Crippen LogP contribution in [0, 0.1) is 6.92 Å². The van der Waals surface area contributed by atoms with Crippen LogP contribution >= 0.6 is 0 Å². The Bertz CT molecular complexity index is 768. The number of ether oxygens (including phenoxy) is 1. The van der Waals surface area contributed by atoms with E-state index in [9.17, 15) is 9.59 Å². The molecule has 1 aromatic carbocycles. The number of nitrogens with two attached hydrogens (primary N) is 1. The number of hydrogen-bond acceptors (Lipinski definition) is 8. The lowest BCUT2D eigenvalue weighted by Crippen LogP contribution is -2.30. The second kappa shape index (κ2) is 10.1. The number of aryl methyl sites for hydroxylation is 1. The SMILES string of the molecule is Cc1nnc(-c2cccc(COC(=O)NCCCC[C@H](N)C(=O)O)c2)nn1. The van der Waals surface area contributed by atoms with Gasteiger partial charge in [0.15, 0.2) is 5.82 Å². The molecule has 27 heavy (non-hydrogen) atoms. The predicted octanol–water partition coefficient (Wildman–Crippen LogP) is 1.05. The number of carboxylic acids is 1. The first-order chi connectivity index (χ1) is 13.0. The highest BCUT2D eigenvalue weighted by molar-refractivity contribution is 5.72. The Morgan fingerprint density at radius 2 is 1.96 bits per heavy atom. The van der Waals surface area contributed by atoms with Crippen LogP contribution in [0.3, 0.4) is 0 Å². The Morgan fingerprint density at radius 1 is 1.22 bits per heavy atom. The fourth-order valence-corrected chi connectivity index (χ4v) is 2.20. The van der Waals surface area contributed by atoms with Crippen molar-refractivity contribution in [1.82, 2.24) is 25.7 Å². The van der Waals surface area contributed by atoms with E-state index in [-0.39, 0.29) is 6.61 Å². The van der Waals surface area contributed by atoms with Crippen molar-refractivity contribution in [2.45, 2.75) is 38.8 Å². The second-order valence-corrected chi connectivity index (χ2v) is 5.91. The van der Waals surface area contributed by atoms with Gasteiger partial charge >= 0.3 is 12.1 Å². The first kappa shape index (κ1) is 20.2. The number of unbranched alkanes of at least 4 members (excludes halogenated alkanes) is 1. The van der Waals surface area contributed by atoms with Gasteiger partial charge in [0.2, 0.25) is 5.82 Å². The average Bonchev–Trinajstić information content (AvgIpc) is 2.66. The lowest BCUT2D eigenvalue weighted by Gasteiger charge is -2.09. The number of aliphatic carboxylic acids is 1. The van der Waals surface area contributed by atoms with Crippen LogP contribution in [-0.4, -0.2) is 50.2 Å². The zero-order valence-corrected chi connectivity index (χ0v) is 15.0. The molecule has 2 aromatic rings. The summed E-state index contributed by atoms with van der Waals surface area (Å²) in [7, 11) is 0. The zero-order chi connectivity index (χ0) is 19.6. The number of amides is 1. The molecule has 1 heterocycles. The number of carbonyl (C=O) groups excluding carboxylic acids is 1. The molecule has 0 saturated carbocycles. The van der Waals surface area contributed by atoms with Crippen LogP contribution in [0.4, 0.5) is 4.79 Å². The van der Waals surface area contributed by atoms with E-state index in [2.05, 4.69) is 25.7 Å². The maximum atomic E-state index is 11.7. The number of carboxylic acid groups (broad SMARTS) is 1. The van der Waals surface area contributed by atoms with Gasteiger partial charge in [-0.25, -0.2) is 4.79 Å². The minimum atomic E-state index is -1.02. The van der Waals surface area contributed by atoms with Crippen LogP contribution in [0.5, 0.6) is 0 Å². The van der Waals surface area contributed by atoms with Crippen molar-refractivity contribution in [3.63, 3.8) is 0 Å². The molecule has 0 unspecified atom stereocenters. The number of rotatable bonds is 9. The molecular formula is C17H22N6O4. The quantitative estimate of drug-likeness (QED) is 0.546. The van der Waals surface area contributed by atoms with Crippen molar-refractivity contribution in [2.24, 2.45) is 5.73 Å². The molecule has 0 fully saturated rings. The number of carbonyl (C=O) groups is 2. The molecule has 0 bridgehead atoms. The predicted molar refractivity (Wildman–Crippen MR) is 95.4 cm³/mol. The lowest BCUT2D eigenvalue weighted by molar-refractivity contribution is -0.138. The second-order valence-electron chi connectivity index (χ2n) is 5.91. The highest BCUT2D eigenvalue weighted by Gasteiger charge is 2.10. The van der Waals surface area contributed by atoms with E-state index in [1.807, 2.05) is 12.1 Å². The first-order valence-corrected chi connectivity index (χ1v) is 8.48. The third kappa shape index (κ3) is 6.94. The Balaban J connectivity index is 1.73. The largest absolute Gasteiger partial charge is 0.480 e. The molecule has 2 rings (SSSR count). The molecule has 1 amide bonds. The molecule has 1 aromatic heterocycles. The third-order valence-corrected chi connectivity index (χ3v) is 3.66. The number of benzene rings is 1. The van der Waals surface area contributed by atoms with Crippen LogP contribution in [0.15, 0.2) is 24.3 Å². The summed E-state index contributed by atoms with van der Waals surface area (Å²) in [5.74, 6) is -0.140. The Morgan fingerprint density at radius 3 is 2.67 bits per heavy atom. The highest BCUT2D eigenvalue weighted by atomic mass is 16.5. The van der Waals surface area contributed by atoms with Crippen LogP contribution < -0.4 is 11.1 Å². The van der Waals surface area contributed by atoms with E-state index in [0.29, 0.717) is 37.5 Å². The number of alkyl carbamates (subject to hydrolysis) is 1. The van der Waals surface area contributed by atoms with Crippen LogP contribution in [-0.2, 0) is 16.1 Å². The minimum absolute atomic E-state index is 0.0935. The molecule has 0 radical (unpaired) electrons. The van der Waals surface area contributed by atoms with Gasteiger partial charge in [-0.2, -0.15) is 0 Å². The van der Waals surface area contributed by atoms with Crippen molar-refractivity contribution in [3.05, 3.63) is 35.7 Å². The standard InChI is InChI=1S/C17H22N6O4/c1-11-20-22-15(23-21-11)13-6-4-5-12(9-13)10-27-17(26)19-8-3-2-7-14(18)16(24)25/h4-6,9,14H,2-3,7-8,10,18H2,1H3,(H,19,26)(H,24,25)/t14-/m0/s1. The van der Waals surface area contributed by atoms with Crippen molar-refractivity contribution in [1.29, 1.82) is 0 Å². The smallest absolute Gasteiger partial charge is 0.407 e. The van der Waals surface area contributed by atoms with Gasteiger partial charge in [-0.15, -0.1) is 20.4 Å². The molecule has 10 nitrogen and oxygen atoms in total. The summed E-state index contributed by atoms with van der Waals surface area (Å²) in [5.41, 5.74) is 6.91. The Hall–Kier alpha value is -3.14.